The van der Waals surface area contributed by atoms with Gasteiger partial charge < -0.3 is 11.1 Å². The largest absolute Gasteiger partial charge is 0.382 e. The minimum absolute atomic E-state index is 0.512. The zero-order valence-electron chi connectivity index (χ0n) is 8.57. The summed E-state index contributed by atoms with van der Waals surface area (Å²) in [6, 6.07) is 11.9. The van der Waals surface area contributed by atoms with Gasteiger partial charge in [-0.2, -0.15) is 0 Å². The summed E-state index contributed by atoms with van der Waals surface area (Å²) in [5, 5.41) is 3.21. The van der Waals surface area contributed by atoms with Crippen molar-refractivity contribution in [1.82, 2.24) is 4.98 Å². The number of hydrogen-bond acceptors (Lipinski definition) is 3. The molecule has 1 aromatic carbocycles. The molecule has 1 heterocycles. The molecule has 0 amide bonds. The summed E-state index contributed by atoms with van der Waals surface area (Å²) in [6.07, 6.45) is 1.68. The van der Waals surface area contributed by atoms with Crippen molar-refractivity contribution in [2.45, 2.75) is 6.92 Å². The highest BCUT2D eigenvalue weighted by Gasteiger charge is 1.98. The highest BCUT2D eigenvalue weighted by atomic mass is 14.9. The Balaban J connectivity index is 2.22. The number of aryl methyl sites for hydroxylation is 1. The third-order valence-electron chi connectivity index (χ3n) is 2.17. The van der Waals surface area contributed by atoms with E-state index in [1.54, 1.807) is 6.20 Å². The van der Waals surface area contributed by atoms with Gasteiger partial charge in [-0.3, -0.25) is 0 Å². The normalized spacial score (nSPS) is 9.93. The zero-order chi connectivity index (χ0) is 10.7. The van der Waals surface area contributed by atoms with Crippen molar-refractivity contribution in [1.29, 1.82) is 0 Å². The SMILES string of the molecule is Cc1ccc(Nc2cccnc2N)cc1. The molecule has 0 fully saturated rings. The predicted molar refractivity (Wildman–Crippen MR) is 63.1 cm³/mol. The third kappa shape index (κ3) is 2.26. The van der Waals surface area contributed by atoms with Crippen molar-refractivity contribution in [3.63, 3.8) is 0 Å². The van der Waals surface area contributed by atoms with Crippen LogP contribution in [0.2, 0.25) is 0 Å². The number of rotatable bonds is 2. The molecule has 0 aliphatic heterocycles. The van der Waals surface area contributed by atoms with Gasteiger partial charge in [0.25, 0.3) is 0 Å². The fourth-order valence-corrected chi connectivity index (χ4v) is 1.32. The maximum absolute atomic E-state index is 5.72. The van der Waals surface area contributed by atoms with E-state index in [0.29, 0.717) is 5.82 Å². The Bertz CT molecular complexity index is 449. The minimum Gasteiger partial charge on any atom is -0.382 e. The summed E-state index contributed by atoms with van der Waals surface area (Å²) in [5.74, 6) is 0.512. The van der Waals surface area contributed by atoms with Gasteiger partial charge in [-0.25, -0.2) is 4.98 Å². The molecule has 0 spiro atoms. The van der Waals surface area contributed by atoms with Crippen molar-refractivity contribution in [2.75, 3.05) is 11.1 Å². The van der Waals surface area contributed by atoms with Crippen LogP contribution in [0.1, 0.15) is 5.56 Å². The quantitative estimate of drug-likeness (QED) is 0.781. The Labute approximate surface area is 89.0 Å². The molecular weight excluding hydrogens is 186 g/mol. The van der Waals surface area contributed by atoms with E-state index in [4.69, 9.17) is 5.73 Å². The van der Waals surface area contributed by atoms with Gasteiger partial charge >= 0.3 is 0 Å². The molecule has 76 valence electrons. The van der Waals surface area contributed by atoms with Gasteiger partial charge in [-0.05, 0) is 31.2 Å². The van der Waals surface area contributed by atoms with Gasteiger partial charge in [0, 0.05) is 11.9 Å². The van der Waals surface area contributed by atoms with Crippen molar-refractivity contribution in [3.8, 4) is 0 Å². The number of nitrogens with zero attached hydrogens (tertiary/aromatic N) is 1. The second-order valence-electron chi connectivity index (χ2n) is 3.43. The summed E-state index contributed by atoms with van der Waals surface area (Å²) in [5.41, 5.74) is 8.81. The lowest BCUT2D eigenvalue weighted by atomic mass is 10.2. The fraction of sp³-hybridized carbons (Fsp3) is 0.0833. The first-order valence-corrected chi connectivity index (χ1v) is 4.80. The average Bonchev–Trinajstić information content (AvgIpc) is 2.25. The summed E-state index contributed by atoms with van der Waals surface area (Å²) in [4.78, 5) is 4.01. The Morgan fingerprint density at radius 1 is 1.13 bits per heavy atom. The van der Waals surface area contributed by atoms with E-state index in [2.05, 4.69) is 29.4 Å². The van der Waals surface area contributed by atoms with Crippen LogP contribution in [-0.2, 0) is 0 Å². The smallest absolute Gasteiger partial charge is 0.147 e. The second-order valence-corrected chi connectivity index (χ2v) is 3.43. The zero-order valence-corrected chi connectivity index (χ0v) is 8.57. The number of aromatic nitrogens is 1. The molecule has 0 saturated carbocycles. The van der Waals surface area contributed by atoms with Gasteiger partial charge in [0.2, 0.25) is 0 Å². The first-order chi connectivity index (χ1) is 7.25. The summed E-state index contributed by atoms with van der Waals surface area (Å²) in [6.45, 7) is 2.06. The topological polar surface area (TPSA) is 50.9 Å². The van der Waals surface area contributed by atoms with E-state index >= 15 is 0 Å². The number of benzene rings is 1. The van der Waals surface area contributed by atoms with Gasteiger partial charge in [0.15, 0.2) is 0 Å². The van der Waals surface area contributed by atoms with E-state index in [-0.39, 0.29) is 0 Å². The van der Waals surface area contributed by atoms with E-state index < -0.39 is 0 Å². The lowest BCUT2D eigenvalue weighted by Crippen LogP contribution is -1.97. The van der Waals surface area contributed by atoms with Gasteiger partial charge in [-0.15, -0.1) is 0 Å². The first kappa shape index (κ1) is 9.52. The number of nitrogens with one attached hydrogen (secondary N) is 1. The Morgan fingerprint density at radius 3 is 2.53 bits per heavy atom. The van der Waals surface area contributed by atoms with Gasteiger partial charge in [-0.1, -0.05) is 17.7 Å². The van der Waals surface area contributed by atoms with E-state index in [1.807, 2.05) is 24.3 Å². The lowest BCUT2D eigenvalue weighted by Gasteiger charge is -2.08. The minimum atomic E-state index is 0.512. The maximum atomic E-state index is 5.72. The molecule has 0 radical (unpaired) electrons. The fourth-order valence-electron chi connectivity index (χ4n) is 1.32. The molecule has 3 heteroatoms. The molecule has 0 saturated heterocycles. The summed E-state index contributed by atoms with van der Waals surface area (Å²) in [7, 11) is 0. The molecule has 15 heavy (non-hydrogen) atoms. The second kappa shape index (κ2) is 4.00. The molecular formula is C12H13N3. The standard InChI is InChI=1S/C12H13N3/c1-9-4-6-10(7-5-9)15-11-3-2-8-14-12(11)13/h2-8,15H,1H3,(H2,13,14). The van der Waals surface area contributed by atoms with Crippen LogP contribution < -0.4 is 11.1 Å². The van der Waals surface area contributed by atoms with Gasteiger partial charge in [0.1, 0.15) is 5.82 Å². The number of nitrogens with two attached hydrogens (primary N) is 1. The third-order valence-corrected chi connectivity index (χ3v) is 2.17. The Kier molecular flexibility index (Phi) is 2.54. The van der Waals surface area contributed by atoms with Gasteiger partial charge in [0.05, 0.1) is 5.69 Å². The molecule has 0 aliphatic carbocycles. The molecule has 0 bridgehead atoms. The summed E-state index contributed by atoms with van der Waals surface area (Å²) >= 11 is 0. The van der Waals surface area contributed by atoms with Crippen molar-refractivity contribution >= 4 is 17.2 Å². The van der Waals surface area contributed by atoms with E-state index in [0.717, 1.165) is 11.4 Å². The molecule has 3 N–H and O–H groups in total. The van der Waals surface area contributed by atoms with E-state index in [1.165, 1.54) is 5.56 Å². The lowest BCUT2D eigenvalue weighted by molar-refractivity contribution is 1.33. The molecule has 2 aromatic rings. The Hall–Kier alpha value is -2.03. The number of anilines is 3. The van der Waals surface area contributed by atoms with Crippen molar-refractivity contribution < 1.29 is 0 Å². The van der Waals surface area contributed by atoms with Crippen LogP contribution in [0.15, 0.2) is 42.6 Å². The predicted octanol–water partition coefficient (Wildman–Crippen LogP) is 2.72. The monoisotopic (exact) mass is 199 g/mol. The number of nitrogen functional groups attached to an aromatic ring is 1. The average molecular weight is 199 g/mol. The molecule has 1 aromatic heterocycles. The number of pyridine rings is 1. The van der Waals surface area contributed by atoms with Crippen LogP contribution in [0.5, 0.6) is 0 Å². The molecule has 3 nitrogen and oxygen atoms in total. The van der Waals surface area contributed by atoms with Crippen molar-refractivity contribution in [3.05, 3.63) is 48.2 Å². The highest BCUT2D eigenvalue weighted by molar-refractivity contribution is 5.69. The van der Waals surface area contributed by atoms with Crippen LogP contribution in [0.4, 0.5) is 17.2 Å². The first-order valence-electron chi connectivity index (χ1n) is 4.80. The van der Waals surface area contributed by atoms with Crippen LogP contribution in [0, 0.1) is 6.92 Å². The number of hydrogen-bond donors (Lipinski definition) is 2. The molecule has 0 aliphatic rings. The maximum Gasteiger partial charge on any atom is 0.147 e. The molecule has 0 unspecified atom stereocenters. The molecule has 0 atom stereocenters. The van der Waals surface area contributed by atoms with Crippen LogP contribution in [-0.4, -0.2) is 4.98 Å². The highest BCUT2D eigenvalue weighted by Crippen LogP contribution is 2.20. The Morgan fingerprint density at radius 2 is 1.87 bits per heavy atom. The van der Waals surface area contributed by atoms with Crippen LogP contribution in [0.3, 0.4) is 0 Å². The van der Waals surface area contributed by atoms with E-state index in [9.17, 15) is 0 Å². The van der Waals surface area contributed by atoms with Crippen LogP contribution >= 0.6 is 0 Å². The summed E-state index contributed by atoms with van der Waals surface area (Å²) < 4.78 is 0. The van der Waals surface area contributed by atoms with Crippen LogP contribution in [0.25, 0.3) is 0 Å². The molecule has 2 rings (SSSR count). The van der Waals surface area contributed by atoms with Crippen molar-refractivity contribution in [2.24, 2.45) is 0 Å².